The number of carboxylic acid groups (broad SMARTS) is 2. The number of carboxylic acids is 2. The Hall–Kier alpha value is -3.15. The van der Waals surface area contributed by atoms with Crippen LogP contribution < -0.4 is 5.32 Å². The van der Waals surface area contributed by atoms with E-state index in [1.54, 1.807) is 30.3 Å². The molecule has 1 amide bonds. The lowest BCUT2D eigenvalue weighted by Gasteiger charge is -2.15. The summed E-state index contributed by atoms with van der Waals surface area (Å²) >= 11 is 0. The summed E-state index contributed by atoms with van der Waals surface area (Å²) in [5.74, 6) is -2.68. The summed E-state index contributed by atoms with van der Waals surface area (Å²) < 4.78 is 0. The van der Waals surface area contributed by atoms with Crippen LogP contribution in [0.4, 0.5) is 0 Å². The first-order valence-corrected chi connectivity index (χ1v) is 6.88. The number of aliphatic carboxylic acids is 1. The molecular weight excluding hydrogens is 298 g/mol. The number of aromatic carboxylic acids is 1. The van der Waals surface area contributed by atoms with E-state index in [0.717, 1.165) is 0 Å². The molecule has 0 saturated carbocycles. The number of amides is 1. The first-order valence-electron chi connectivity index (χ1n) is 6.88. The van der Waals surface area contributed by atoms with Crippen LogP contribution in [0.3, 0.4) is 0 Å². The van der Waals surface area contributed by atoms with E-state index >= 15 is 0 Å². The van der Waals surface area contributed by atoms with Crippen molar-refractivity contribution in [2.24, 2.45) is 0 Å². The van der Waals surface area contributed by atoms with Gasteiger partial charge in [-0.1, -0.05) is 30.3 Å². The minimum Gasteiger partial charge on any atom is -0.480 e. The van der Waals surface area contributed by atoms with Crippen LogP contribution in [0.15, 0.2) is 54.6 Å². The van der Waals surface area contributed by atoms with Crippen LogP contribution in [-0.2, 0) is 11.2 Å². The Morgan fingerprint density at radius 3 is 2.00 bits per heavy atom. The Morgan fingerprint density at radius 2 is 1.48 bits per heavy atom. The summed E-state index contributed by atoms with van der Waals surface area (Å²) in [6.07, 6.45) is 0.0633. The molecule has 0 spiro atoms. The predicted octanol–water partition coefficient (Wildman–Crippen LogP) is 1.81. The second-order valence-electron chi connectivity index (χ2n) is 4.94. The van der Waals surface area contributed by atoms with Gasteiger partial charge in [0.05, 0.1) is 5.56 Å². The topological polar surface area (TPSA) is 104 Å². The number of benzene rings is 2. The Labute approximate surface area is 132 Å². The molecule has 2 aromatic carbocycles. The molecule has 0 radical (unpaired) electrons. The van der Waals surface area contributed by atoms with Gasteiger partial charge in [-0.05, 0) is 29.8 Å². The largest absolute Gasteiger partial charge is 0.480 e. The third-order valence-corrected chi connectivity index (χ3v) is 3.28. The summed E-state index contributed by atoms with van der Waals surface area (Å²) in [5.41, 5.74) is 1.12. The van der Waals surface area contributed by atoms with E-state index in [1.165, 1.54) is 24.3 Å². The SMILES string of the molecule is O=C(O)c1ccc(C[C@H](NC(=O)c2ccccc2)C(=O)O)cc1. The molecule has 0 aliphatic heterocycles. The van der Waals surface area contributed by atoms with Crippen LogP contribution in [0.25, 0.3) is 0 Å². The highest BCUT2D eigenvalue weighted by molar-refractivity contribution is 5.96. The van der Waals surface area contributed by atoms with Crippen LogP contribution in [0.5, 0.6) is 0 Å². The van der Waals surface area contributed by atoms with Crippen LogP contribution in [0.1, 0.15) is 26.3 Å². The maximum absolute atomic E-state index is 12.0. The molecule has 3 N–H and O–H groups in total. The smallest absolute Gasteiger partial charge is 0.335 e. The number of nitrogens with one attached hydrogen (secondary N) is 1. The molecular formula is C17H15NO5. The fraction of sp³-hybridized carbons (Fsp3) is 0.118. The molecule has 0 heterocycles. The van der Waals surface area contributed by atoms with E-state index in [-0.39, 0.29) is 12.0 Å². The first-order chi connectivity index (χ1) is 11.0. The molecule has 0 aromatic heterocycles. The van der Waals surface area contributed by atoms with E-state index in [1.807, 2.05) is 0 Å². The van der Waals surface area contributed by atoms with E-state index in [4.69, 9.17) is 5.11 Å². The van der Waals surface area contributed by atoms with Crippen molar-refractivity contribution in [2.75, 3.05) is 0 Å². The zero-order chi connectivity index (χ0) is 16.8. The van der Waals surface area contributed by atoms with Gasteiger partial charge < -0.3 is 15.5 Å². The standard InChI is InChI=1S/C17H15NO5/c19-15(12-4-2-1-3-5-12)18-14(17(22)23)10-11-6-8-13(9-7-11)16(20)21/h1-9,14H,10H2,(H,18,19)(H,20,21)(H,22,23)/t14-/m0/s1. The van der Waals surface area contributed by atoms with Gasteiger partial charge in [0.15, 0.2) is 0 Å². The third-order valence-electron chi connectivity index (χ3n) is 3.28. The summed E-state index contributed by atoms with van der Waals surface area (Å²) in [6.45, 7) is 0. The van der Waals surface area contributed by atoms with E-state index < -0.39 is 23.9 Å². The zero-order valence-electron chi connectivity index (χ0n) is 12.1. The van der Waals surface area contributed by atoms with E-state index in [2.05, 4.69) is 5.32 Å². The molecule has 0 bridgehead atoms. The maximum Gasteiger partial charge on any atom is 0.335 e. The van der Waals surface area contributed by atoms with Crippen molar-refractivity contribution < 1.29 is 24.6 Å². The molecule has 6 nitrogen and oxygen atoms in total. The predicted molar refractivity (Wildman–Crippen MR) is 82.4 cm³/mol. The lowest BCUT2D eigenvalue weighted by molar-refractivity contribution is -0.139. The molecule has 0 saturated heterocycles. The Bertz CT molecular complexity index is 710. The first kappa shape index (κ1) is 16.2. The Kier molecular flexibility index (Phi) is 5.09. The van der Waals surface area contributed by atoms with Crippen LogP contribution in [0, 0.1) is 0 Å². The minimum absolute atomic E-state index is 0.0633. The van der Waals surface area contributed by atoms with Crippen molar-refractivity contribution in [3.63, 3.8) is 0 Å². The minimum atomic E-state index is -1.16. The summed E-state index contributed by atoms with van der Waals surface area (Å²) in [6, 6.07) is 13.1. The molecule has 23 heavy (non-hydrogen) atoms. The van der Waals surface area contributed by atoms with Crippen molar-refractivity contribution in [2.45, 2.75) is 12.5 Å². The van der Waals surface area contributed by atoms with Crippen molar-refractivity contribution in [1.29, 1.82) is 0 Å². The summed E-state index contributed by atoms with van der Waals surface area (Å²) in [4.78, 5) is 34.2. The third kappa shape index (κ3) is 4.41. The van der Waals surface area contributed by atoms with Crippen LogP contribution >= 0.6 is 0 Å². The van der Waals surface area contributed by atoms with E-state index in [9.17, 15) is 19.5 Å². The number of carbonyl (C=O) groups excluding carboxylic acids is 1. The van der Waals surface area contributed by atoms with E-state index in [0.29, 0.717) is 11.1 Å². The second kappa shape index (κ2) is 7.22. The van der Waals surface area contributed by atoms with Crippen LogP contribution in [-0.4, -0.2) is 34.1 Å². The average Bonchev–Trinajstić information content (AvgIpc) is 2.55. The highest BCUT2D eigenvalue weighted by Gasteiger charge is 2.21. The highest BCUT2D eigenvalue weighted by Crippen LogP contribution is 2.08. The lowest BCUT2D eigenvalue weighted by Crippen LogP contribution is -2.42. The number of carbonyl (C=O) groups is 3. The van der Waals surface area contributed by atoms with Crippen molar-refractivity contribution >= 4 is 17.8 Å². The number of hydrogen-bond donors (Lipinski definition) is 3. The Balaban J connectivity index is 2.08. The normalized spacial score (nSPS) is 11.5. The molecule has 0 aliphatic rings. The average molecular weight is 313 g/mol. The van der Waals surface area contributed by atoms with Gasteiger partial charge in [0.25, 0.3) is 5.91 Å². The van der Waals surface area contributed by atoms with Gasteiger partial charge in [0, 0.05) is 12.0 Å². The van der Waals surface area contributed by atoms with Crippen molar-refractivity contribution in [1.82, 2.24) is 5.32 Å². The van der Waals surface area contributed by atoms with Gasteiger partial charge in [-0.15, -0.1) is 0 Å². The molecule has 0 aliphatic carbocycles. The molecule has 118 valence electrons. The fourth-order valence-corrected chi connectivity index (χ4v) is 2.05. The van der Waals surface area contributed by atoms with Crippen molar-refractivity contribution in [3.8, 4) is 0 Å². The number of hydrogen-bond acceptors (Lipinski definition) is 3. The summed E-state index contributed by atoms with van der Waals surface area (Å²) in [5, 5.41) is 20.6. The van der Waals surface area contributed by atoms with Gasteiger partial charge in [-0.3, -0.25) is 4.79 Å². The molecule has 2 rings (SSSR count). The van der Waals surface area contributed by atoms with Gasteiger partial charge in [0.1, 0.15) is 6.04 Å². The number of rotatable bonds is 6. The maximum atomic E-state index is 12.0. The molecule has 2 aromatic rings. The monoisotopic (exact) mass is 313 g/mol. The quantitative estimate of drug-likeness (QED) is 0.754. The van der Waals surface area contributed by atoms with Gasteiger partial charge in [-0.25, -0.2) is 9.59 Å². The second-order valence-corrected chi connectivity index (χ2v) is 4.94. The lowest BCUT2D eigenvalue weighted by atomic mass is 10.0. The molecule has 1 atom stereocenters. The zero-order valence-corrected chi connectivity index (χ0v) is 12.1. The Morgan fingerprint density at radius 1 is 0.870 bits per heavy atom. The molecule has 6 heteroatoms. The highest BCUT2D eigenvalue weighted by atomic mass is 16.4. The van der Waals surface area contributed by atoms with Gasteiger partial charge >= 0.3 is 11.9 Å². The molecule has 0 unspecified atom stereocenters. The van der Waals surface area contributed by atoms with Gasteiger partial charge in [-0.2, -0.15) is 0 Å². The fourth-order valence-electron chi connectivity index (χ4n) is 2.05. The summed E-state index contributed by atoms with van der Waals surface area (Å²) in [7, 11) is 0. The van der Waals surface area contributed by atoms with Crippen LogP contribution in [0.2, 0.25) is 0 Å². The van der Waals surface area contributed by atoms with Gasteiger partial charge in [0.2, 0.25) is 0 Å². The van der Waals surface area contributed by atoms with Crippen molar-refractivity contribution in [3.05, 3.63) is 71.3 Å². The molecule has 0 fully saturated rings.